The first-order valence-electron chi connectivity index (χ1n) is 11.1. The Kier molecular flexibility index (Phi) is 4.83. The molecule has 1 unspecified atom stereocenters. The summed E-state index contributed by atoms with van der Waals surface area (Å²) in [6.45, 7) is 0.666. The minimum absolute atomic E-state index is 0.182. The van der Waals surface area contributed by atoms with Gasteiger partial charge in [-0.3, -0.25) is 14.1 Å². The third kappa shape index (κ3) is 3.53. The standard InChI is InChI=1S/C23H22N8O3S/c1-28-20-13-24-19-5-3-15(16-4-6-21(25-12-16)30-10-8-26-27-30)11-18(19)22(20)31(23(28)32)17-7-9-29(14-17)35(2,33)34/h3-6,8,10-13,17H,7,9,14H2,1-2H3. The molecule has 1 aliphatic heterocycles. The number of nitrogens with zero attached hydrogens (tertiary/aromatic N) is 8. The number of benzene rings is 1. The lowest BCUT2D eigenvalue weighted by Gasteiger charge is -2.15. The summed E-state index contributed by atoms with van der Waals surface area (Å²) in [5, 5.41) is 8.60. The van der Waals surface area contributed by atoms with Crippen molar-refractivity contribution in [2.75, 3.05) is 19.3 Å². The van der Waals surface area contributed by atoms with Crippen molar-refractivity contribution in [2.24, 2.45) is 7.05 Å². The van der Waals surface area contributed by atoms with Gasteiger partial charge in [-0.1, -0.05) is 11.3 Å². The Labute approximate surface area is 200 Å². The van der Waals surface area contributed by atoms with Gasteiger partial charge in [-0.05, 0) is 36.2 Å². The summed E-state index contributed by atoms with van der Waals surface area (Å²) in [4.78, 5) is 22.4. The van der Waals surface area contributed by atoms with E-state index in [0.29, 0.717) is 24.3 Å². The minimum atomic E-state index is -3.33. The van der Waals surface area contributed by atoms with Gasteiger partial charge in [0.1, 0.15) is 0 Å². The molecule has 5 heterocycles. The van der Waals surface area contributed by atoms with Gasteiger partial charge in [0.2, 0.25) is 10.0 Å². The summed E-state index contributed by atoms with van der Waals surface area (Å²) >= 11 is 0. The monoisotopic (exact) mass is 490 g/mol. The van der Waals surface area contributed by atoms with E-state index >= 15 is 0 Å². The van der Waals surface area contributed by atoms with Crippen LogP contribution in [0, 0.1) is 0 Å². The Hall–Kier alpha value is -3.90. The van der Waals surface area contributed by atoms with E-state index in [9.17, 15) is 13.2 Å². The van der Waals surface area contributed by atoms with Crippen LogP contribution < -0.4 is 5.69 Å². The molecule has 1 atom stereocenters. The van der Waals surface area contributed by atoms with Crippen molar-refractivity contribution in [1.82, 2.24) is 38.4 Å². The summed E-state index contributed by atoms with van der Waals surface area (Å²) < 4.78 is 30.5. The molecule has 6 rings (SSSR count). The van der Waals surface area contributed by atoms with E-state index < -0.39 is 10.0 Å². The van der Waals surface area contributed by atoms with E-state index in [2.05, 4.69) is 20.3 Å². The van der Waals surface area contributed by atoms with Crippen LogP contribution in [0.25, 0.3) is 38.9 Å². The molecule has 0 saturated carbocycles. The van der Waals surface area contributed by atoms with Crippen LogP contribution in [0.4, 0.5) is 0 Å². The molecule has 0 aliphatic carbocycles. The molecule has 4 aromatic heterocycles. The van der Waals surface area contributed by atoms with Crippen LogP contribution in [0.5, 0.6) is 0 Å². The lowest BCUT2D eigenvalue weighted by atomic mass is 10.0. The number of imidazole rings is 1. The first-order chi connectivity index (χ1) is 16.8. The summed E-state index contributed by atoms with van der Waals surface area (Å²) in [6.07, 6.45) is 8.56. The number of hydrogen-bond acceptors (Lipinski definition) is 7. The zero-order chi connectivity index (χ0) is 24.3. The van der Waals surface area contributed by atoms with Crippen molar-refractivity contribution in [3.8, 4) is 16.9 Å². The number of sulfonamides is 1. The molecule has 0 spiro atoms. The first-order valence-corrected chi connectivity index (χ1v) is 12.9. The van der Waals surface area contributed by atoms with Crippen molar-refractivity contribution in [2.45, 2.75) is 12.5 Å². The second kappa shape index (κ2) is 7.82. The smallest absolute Gasteiger partial charge is 0.293 e. The summed E-state index contributed by atoms with van der Waals surface area (Å²) in [7, 11) is -1.61. The normalized spacial score (nSPS) is 17.0. The maximum Gasteiger partial charge on any atom is 0.329 e. The van der Waals surface area contributed by atoms with Crippen LogP contribution >= 0.6 is 0 Å². The fraction of sp³-hybridized carbons (Fsp3) is 0.261. The van der Waals surface area contributed by atoms with Crippen LogP contribution in [0.2, 0.25) is 0 Å². The van der Waals surface area contributed by atoms with Crippen molar-refractivity contribution < 1.29 is 8.42 Å². The fourth-order valence-electron chi connectivity index (χ4n) is 4.79. The Morgan fingerprint density at radius 1 is 1.06 bits per heavy atom. The highest BCUT2D eigenvalue weighted by Gasteiger charge is 2.32. The van der Waals surface area contributed by atoms with Gasteiger partial charge in [-0.15, -0.1) is 5.10 Å². The van der Waals surface area contributed by atoms with E-state index in [1.165, 1.54) is 10.6 Å². The molecule has 0 bridgehead atoms. The summed E-state index contributed by atoms with van der Waals surface area (Å²) in [6, 6.07) is 9.48. The third-order valence-electron chi connectivity index (χ3n) is 6.61. The quantitative estimate of drug-likeness (QED) is 0.376. The molecule has 178 valence electrons. The number of hydrogen-bond donors (Lipinski definition) is 0. The van der Waals surface area contributed by atoms with Crippen LogP contribution in [-0.4, -0.2) is 66.2 Å². The molecule has 5 aromatic rings. The Morgan fingerprint density at radius 2 is 1.89 bits per heavy atom. The van der Waals surface area contributed by atoms with Crippen molar-refractivity contribution in [3.05, 3.63) is 65.6 Å². The van der Waals surface area contributed by atoms with Gasteiger partial charge in [-0.25, -0.2) is 27.2 Å². The van der Waals surface area contributed by atoms with Crippen molar-refractivity contribution >= 4 is 32.0 Å². The van der Waals surface area contributed by atoms with Gasteiger partial charge in [0.15, 0.2) is 5.82 Å². The largest absolute Gasteiger partial charge is 0.329 e. The number of pyridine rings is 2. The van der Waals surface area contributed by atoms with Gasteiger partial charge in [0.25, 0.3) is 0 Å². The van der Waals surface area contributed by atoms with Crippen molar-refractivity contribution in [1.29, 1.82) is 0 Å². The molecular formula is C23H22N8O3S. The van der Waals surface area contributed by atoms with Crippen molar-refractivity contribution in [3.63, 3.8) is 0 Å². The average Bonchev–Trinajstić information content (AvgIpc) is 3.60. The van der Waals surface area contributed by atoms with Crippen LogP contribution in [0.15, 0.2) is 59.9 Å². The second-order valence-corrected chi connectivity index (χ2v) is 10.7. The number of aromatic nitrogens is 7. The van der Waals surface area contributed by atoms with E-state index in [0.717, 1.165) is 27.5 Å². The molecular weight excluding hydrogens is 468 g/mol. The Morgan fingerprint density at radius 3 is 2.57 bits per heavy atom. The highest BCUT2D eigenvalue weighted by molar-refractivity contribution is 7.88. The second-order valence-electron chi connectivity index (χ2n) is 8.75. The van der Waals surface area contributed by atoms with E-state index in [4.69, 9.17) is 0 Å². The number of rotatable bonds is 4. The molecule has 35 heavy (non-hydrogen) atoms. The molecule has 1 saturated heterocycles. The topological polar surface area (TPSA) is 121 Å². The lowest BCUT2D eigenvalue weighted by molar-refractivity contribution is 0.454. The molecule has 1 aliphatic rings. The number of fused-ring (bicyclic) bond motifs is 3. The number of aryl methyl sites for hydroxylation is 1. The summed E-state index contributed by atoms with van der Waals surface area (Å²) in [5.74, 6) is 0.657. The van der Waals surface area contributed by atoms with Gasteiger partial charge in [0.05, 0.1) is 47.4 Å². The fourth-order valence-corrected chi connectivity index (χ4v) is 5.67. The first kappa shape index (κ1) is 21.6. The molecule has 12 heteroatoms. The van der Waals surface area contributed by atoms with Gasteiger partial charge < -0.3 is 0 Å². The van der Waals surface area contributed by atoms with Gasteiger partial charge >= 0.3 is 5.69 Å². The summed E-state index contributed by atoms with van der Waals surface area (Å²) in [5.41, 5.74) is 3.87. The zero-order valence-electron chi connectivity index (χ0n) is 19.1. The zero-order valence-corrected chi connectivity index (χ0v) is 19.9. The average molecular weight is 491 g/mol. The highest BCUT2D eigenvalue weighted by atomic mass is 32.2. The van der Waals surface area contributed by atoms with Crippen LogP contribution in [0.3, 0.4) is 0 Å². The van der Waals surface area contributed by atoms with Crippen LogP contribution in [0.1, 0.15) is 12.5 Å². The van der Waals surface area contributed by atoms with E-state index in [1.807, 2.05) is 30.3 Å². The third-order valence-corrected chi connectivity index (χ3v) is 7.88. The molecule has 1 fully saturated rings. The highest BCUT2D eigenvalue weighted by Crippen LogP contribution is 2.32. The van der Waals surface area contributed by atoms with E-state index in [1.54, 1.807) is 45.7 Å². The van der Waals surface area contributed by atoms with Gasteiger partial charge in [-0.2, -0.15) is 0 Å². The maximum atomic E-state index is 13.3. The molecule has 0 radical (unpaired) electrons. The SMILES string of the molecule is Cn1c(=O)n(C2CCN(S(C)(=O)=O)C2)c2c3cc(-c4ccc(-n5ccnn5)nc4)ccc3ncc21. The Bertz CT molecular complexity index is 1740. The predicted molar refractivity (Wildman–Crippen MR) is 131 cm³/mol. The van der Waals surface area contributed by atoms with E-state index in [-0.39, 0.29) is 18.3 Å². The lowest BCUT2D eigenvalue weighted by Crippen LogP contribution is -2.31. The molecule has 1 aromatic carbocycles. The molecule has 0 N–H and O–H groups in total. The maximum absolute atomic E-state index is 13.3. The minimum Gasteiger partial charge on any atom is -0.293 e. The Balaban J connectivity index is 1.49. The molecule has 11 nitrogen and oxygen atoms in total. The van der Waals surface area contributed by atoms with Crippen LogP contribution in [-0.2, 0) is 17.1 Å². The molecule has 0 amide bonds. The predicted octanol–water partition coefficient (Wildman–Crippen LogP) is 1.74. The van der Waals surface area contributed by atoms with Gasteiger partial charge in [0, 0.05) is 37.3 Å².